The van der Waals surface area contributed by atoms with Crippen LogP contribution in [0, 0.1) is 0 Å². The van der Waals surface area contributed by atoms with Gasteiger partial charge in [-0.3, -0.25) is 9.78 Å². The molecule has 0 bridgehead atoms. The third-order valence-corrected chi connectivity index (χ3v) is 1.94. The molecule has 0 aliphatic carbocycles. The number of nitrogens with two attached hydrogens (primary N) is 1. The van der Waals surface area contributed by atoms with Crippen LogP contribution >= 0.6 is 0 Å². The highest BCUT2D eigenvalue weighted by molar-refractivity contribution is 5.75. The predicted molar refractivity (Wildman–Crippen MR) is 52.9 cm³/mol. The summed E-state index contributed by atoms with van der Waals surface area (Å²) in [5.74, 6) is 0.621. The fourth-order valence-corrected chi connectivity index (χ4v) is 1.29. The molecule has 2 aromatic rings. The number of nitrogens with one attached hydrogen (secondary N) is 1. The molecule has 0 radical (unpaired) electrons. The van der Waals surface area contributed by atoms with Crippen molar-refractivity contribution in [1.82, 2.24) is 15.0 Å². The van der Waals surface area contributed by atoms with Crippen LogP contribution in [0.2, 0.25) is 0 Å². The second-order valence-corrected chi connectivity index (χ2v) is 2.94. The Labute approximate surface area is 80.0 Å². The summed E-state index contributed by atoms with van der Waals surface area (Å²) < 4.78 is 0. The Kier molecular flexibility index (Phi) is 2.24. The van der Waals surface area contributed by atoms with Crippen LogP contribution in [0.5, 0.6) is 0 Å². The van der Waals surface area contributed by atoms with Crippen LogP contribution in [-0.2, 0) is 6.42 Å². The molecule has 2 rings (SSSR count). The summed E-state index contributed by atoms with van der Waals surface area (Å²) in [4.78, 5) is 22.3. The van der Waals surface area contributed by atoms with E-state index in [4.69, 9.17) is 5.73 Å². The normalized spacial score (nSPS) is 10.6. The topological polar surface area (TPSA) is 84.7 Å². The summed E-state index contributed by atoms with van der Waals surface area (Å²) in [7, 11) is 0. The third kappa shape index (κ3) is 1.49. The fourth-order valence-electron chi connectivity index (χ4n) is 1.29. The predicted octanol–water partition coefficient (Wildman–Crippen LogP) is -0.181. The molecule has 2 aromatic heterocycles. The molecular weight excluding hydrogens is 180 g/mol. The van der Waals surface area contributed by atoms with Crippen molar-refractivity contribution in [3.63, 3.8) is 0 Å². The van der Waals surface area contributed by atoms with Gasteiger partial charge in [-0.15, -0.1) is 0 Å². The largest absolute Gasteiger partial charge is 0.330 e. The highest BCUT2D eigenvalue weighted by atomic mass is 16.1. The number of hydrogen-bond acceptors (Lipinski definition) is 4. The molecule has 0 spiro atoms. The van der Waals surface area contributed by atoms with Crippen LogP contribution in [0.25, 0.3) is 10.9 Å². The number of pyridine rings is 1. The molecule has 5 heteroatoms. The van der Waals surface area contributed by atoms with E-state index in [0.717, 1.165) is 0 Å². The van der Waals surface area contributed by atoms with E-state index in [1.54, 1.807) is 12.3 Å². The minimum absolute atomic E-state index is 0.161. The highest BCUT2D eigenvalue weighted by Gasteiger charge is 2.01. The van der Waals surface area contributed by atoms with Gasteiger partial charge in [-0.2, -0.15) is 0 Å². The Morgan fingerprint density at radius 3 is 3.14 bits per heavy atom. The summed E-state index contributed by atoms with van der Waals surface area (Å²) >= 11 is 0. The molecule has 0 saturated heterocycles. The van der Waals surface area contributed by atoms with Crippen LogP contribution in [0.3, 0.4) is 0 Å². The molecule has 2 heterocycles. The first kappa shape index (κ1) is 8.83. The first-order valence-corrected chi connectivity index (χ1v) is 4.34. The zero-order chi connectivity index (χ0) is 9.97. The van der Waals surface area contributed by atoms with Crippen molar-refractivity contribution in [3.05, 3.63) is 34.6 Å². The number of hydrogen-bond donors (Lipinski definition) is 2. The van der Waals surface area contributed by atoms with Gasteiger partial charge >= 0.3 is 0 Å². The molecule has 72 valence electrons. The van der Waals surface area contributed by atoms with Crippen molar-refractivity contribution in [2.24, 2.45) is 5.73 Å². The van der Waals surface area contributed by atoms with Crippen molar-refractivity contribution < 1.29 is 0 Å². The van der Waals surface area contributed by atoms with E-state index in [1.807, 2.05) is 0 Å². The first-order valence-electron chi connectivity index (χ1n) is 4.34. The maximum absolute atomic E-state index is 11.5. The average molecular weight is 190 g/mol. The van der Waals surface area contributed by atoms with Gasteiger partial charge in [0.2, 0.25) is 0 Å². The summed E-state index contributed by atoms with van der Waals surface area (Å²) in [6, 6.07) is 1.71. The molecule has 0 aromatic carbocycles. The van der Waals surface area contributed by atoms with Crippen LogP contribution in [-0.4, -0.2) is 21.5 Å². The smallest absolute Gasteiger partial charge is 0.260 e. The molecule has 0 saturated carbocycles. The molecule has 0 fully saturated rings. The number of aromatic nitrogens is 3. The second-order valence-electron chi connectivity index (χ2n) is 2.94. The van der Waals surface area contributed by atoms with Crippen LogP contribution in [0.1, 0.15) is 5.82 Å². The second kappa shape index (κ2) is 3.55. The zero-order valence-electron chi connectivity index (χ0n) is 7.53. The van der Waals surface area contributed by atoms with Crippen LogP contribution < -0.4 is 11.3 Å². The van der Waals surface area contributed by atoms with Gasteiger partial charge in [-0.1, -0.05) is 0 Å². The Morgan fingerprint density at radius 1 is 1.50 bits per heavy atom. The van der Waals surface area contributed by atoms with Crippen LogP contribution in [0.4, 0.5) is 0 Å². The molecule has 0 aliphatic rings. The molecule has 0 atom stereocenters. The number of H-pyrrole nitrogens is 1. The SMILES string of the molecule is NCCc1nc2ccncc2c(=O)[nH]1. The van der Waals surface area contributed by atoms with Gasteiger partial charge in [-0.05, 0) is 12.6 Å². The molecule has 0 amide bonds. The van der Waals surface area contributed by atoms with E-state index in [0.29, 0.717) is 29.7 Å². The summed E-state index contributed by atoms with van der Waals surface area (Å²) in [5, 5.41) is 0.508. The van der Waals surface area contributed by atoms with Gasteiger partial charge in [0.05, 0.1) is 10.9 Å². The van der Waals surface area contributed by atoms with Crippen molar-refractivity contribution >= 4 is 10.9 Å². The molecule has 0 unspecified atom stereocenters. The summed E-state index contributed by atoms with van der Waals surface area (Å²) in [6.07, 6.45) is 3.70. The molecular formula is C9H10N4O. The Morgan fingerprint density at radius 2 is 2.36 bits per heavy atom. The van der Waals surface area contributed by atoms with E-state index in [2.05, 4.69) is 15.0 Å². The quantitative estimate of drug-likeness (QED) is 0.688. The lowest BCUT2D eigenvalue weighted by Crippen LogP contribution is -2.15. The maximum atomic E-state index is 11.5. The van der Waals surface area contributed by atoms with Gasteiger partial charge in [-0.25, -0.2) is 4.98 Å². The van der Waals surface area contributed by atoms with E-state index >= 15 is 0 Å². The Bertz CT molecular complexity index is 505. The Balaban J connectivity index is 2.66. The molecule has 5 nitrogen and oxygen atoms in total. The maximum Gasteiger partial charge on any atom is 0.260 e. The number of fused-ring (bicyclic) bond motifs is 1. The average Bonchev–Trinajstić information content (AvgIpc) is 2.18. The van der Waals surface area contributed by atoms with E-state index in [9.17, 15) is 4.79 Å². The lowest BCUT2D eigenvalue weighted by atomic mass is 10.3. The van der Waals surface area contributed by atoms with Gasteiger partial charge in [0.25, 0.3) is 5.56 Å². The number of aromatic amines is 1. The zero-order valence-corrected chi connectivity index (χ0v) is 7.53. The minimum atomic E-state index is -0.161. The van der Waals surface area contributed by atoms with Crippen molar-refractivity contribution in [2.45, 2.75) is 6.42 Å². The molecule has 3 N–H and O–H groups in total. The summed E-state index contributed by atoms with van der Waals surface area (Å²) in [6.45, 7) is 0.472. The lowest BCUT2D eigenvalue weighted by Gasteiger charge is -1.99. The van der Waals surface area contributed by atoms with Crippen LogP contribution in [0.15, 0.2) is 23.3 Å². The van der Waals surface area contributed by atoms with E-state index in [-0.39, 0.29) is 5.56 Å². The number of rotatable bonds is 2. The highest BCUT2D eigenvalue weighted by Crippen LogP contribution is 2.03. The van der Waals surface area contributed by atoms with Gasteiger partial charge in [0.1, 0.15) is 5.82 Å². The minimum Gasteiger partial charge on any atom is -0.330 e. The van der Waals surface area contributed by atoms with Gasteiger partial charge < -0.3 is 10.7 Å². The van der Waals surface area contributed by atoms with E-state index in [1.165, 1.54) is 6.20 Å². The first-order chi connectivity index (χ1) is 6.81. The van der Waals surface area contributed by atoms with Crippen molar-refractivity contribution in [3.8, 4) is 0 Å². The molecule has 0 aliphatic heterocycles. The van der Waals surface area contributed by atoms with Crippen molar-refractivity contribution in [1.29, 1.82) is 0 Å². The number of nitrogens with zero attached hydrogens (tertiary/aromatic N) is 2. The third-order valence-electron chi connectivity index (χ3n) is 1.94. The van der Waals surface area contributed by atoms with Gasteiger partial charge in [0, 0.05) is 18.8 Å². The summed E-state index contributed by atoms with van der Waals surface area (Å²) in [5.41, 5.74) is 5.88. The molecule has 14 heavy (non-hydrogen) atoms. The van der Waals surface area contributed by atoms with E-state index < -0.39 is 0 Å². The van der Waals surface area contributed by atoms with Crippen molar-refractivity contribution in [2.75, 3.05) is 6.54 Å². The van der Waals surface area contributed by atoms with Gasteiger partial charge in [0.15, 0.2) is 0 Å². The standard InChI is InChI=1S/C9H10N4O/c10-3-1-8-12-7-2-4-11-5-6(7)9(14)13-8/h2,4-5H,1,3,10H2,(H,12,13,14). The fraction of sp³-hybridized carbons (Fsp3) is 0.222. The lowest BCUT2D eigenvalue weighted by molar-refractivity contribution is 0.870. The monoisotopic (exact) mass is 190 g/mol. The Hall–Kier alpha value is -1.75.